The number of hydrogen-bond donors (Lipinski definition) is 2. The van der Waals surface area contributed by atoms with Gasteiger partial charge in [-0.05, 0) is 31.0 Å². The van der Waals surface area contributed by atoms with Gasteiger partial charge in [0.2, 0.25) is 5.91 Å². The first-order chi connectivity index (χ1) is 16.4. The van der Waals surface area contributed by atoms with Gasteiger partial charge in [0.05, 0.1) is 26.5 Å². The van der Waals surface area contributed by atoms with E-state index < -0.39 is 0 Å². The lowest BCUT2D eigenvalue weighted by molar-refractivity contribution is -0.133. The van der Waals surface area contributed by atoms with E-state index in [1.165, 1.54) is 11.3 Å². The summed E-state index contributed by atoms with van der Waals surface area (Å²) < 4.78 is 1.00. The molecule has 176 valence electrons. The molecule has 0 aliphatic carbocycles. The van der Waals surface area contributed by atoms with Crippen LogP contribution in [0.15, 0.2) is 36.5 Å². The minimum absolute atomic E-state index is 0.0909. The summed E-state index contributed by atoms with van der Waals surface area (Å²) in [7, 11) is 3.62. The molecule has 1 aliphatic heterocycles. The number of nitrogens with zero attached hydrogens (tertiary/aromatic N) is 4. The van der Waals surface area contributed by atoms with Crippen molar-refractivity contribution in [1.82, 2.24) is 20.1 Å². The van der Waals surface area contributed by atoms with Crippen LogP contribution in [-0.2, 0) is 4.79 Å². The molecule has 2 amide bonds. The second kappa shape index (κ2) is 9.36. The van der Waals surface area contributed by atoms with E-state index in [1.807, 2.05) is 44.4 Å². The monoisotopic (exact) mass is 514 g/mol. The highest BCUT2D eigenvalue weighted by Crippen LogP contribution is 2.36. The SMILES string of the molecule is CN(C)C(=O)C1CCN(c2nc3sc(C(=O)Nc4ccc(-c5[nH]ncc5Cl)cc4)cc3s2)CC1. The Morgan fingerprint density at radius 1 is 1.18 bits per heavy atom. The molecule has 1 fully saturated rings. The standard InChI is InChI=1S/C23H23ClN6O2S2/c1-29(2)22(32)14-7-9-30(10-8-14)23-27-21-18(34-23)11-17(33-21)20(31)26-15-5-3-13(4-6-15)19-16(24)12-25-28-19/h3-6,11-12,14H,7-10H2,1-2H3,(H,25,28)(H,26,31). The molecule has 0 radical (unpaired) electrons. The summed E-state index contributed by atoms with van der Waals surface area (Å²) in [5, 5.41) is 11.2. The van der Waals surface area contributed by atoms with E-state index in [9.17, 15) is 9.59 Å². The largest absolute Gasteiger partial charge is 0.349 e. The Morgan fingerprint density at radius 3 is 2.53 bits per heavy atom. The number of carbonyl (C=O) groups is 2. The maximum Gasteiger partial charge on any atom is 0.265 e. The second-order valence-corrected chi connectivity index (χ2v) is 10.8. The third-order valence-electron chi connectivity index (χ3n) is 5.88. The molecule has 0 bridgehead atoms. The number of carbonyl (C=O) groups excluding carboxylic acids is 2. The van der Waals surface area contributed by atoms with Crippen LogP contribution in [0.25, 0.3) is 20.8 Å². The number of thiazole rings is 1. The molecule has 0 unspecified atom stereocenters. The minimum Gasteiger partial charge on any atom is -0.349 e. The highest BCUT2D eigenvalue weighted by atomic mass is 35.5. The summed E-state index contributed by atoms with van der Waals surface area (Å²) in [5.74, 6) is 0.135. The van der Waals surface area contributed by atoms with Gasteiger partial charge in [-0.3, -0.25) is 14.7 Å². The minimum atomic E-state index is -0.160. The third-order valence-corrected chi connectivity index (χ3v) is 8.39. The van der Waals surface area contributed by atoms with Gasteiger partial charge in [-0.25, -0.2) is 4.98 Å². The van der Waals surface area contributed by atoms with E-state index in [-0.39, 0.29) is 17.7 Å². The molecule has 0 spiro atoms. The van der Waals surface area contributed by atoms with Crippen molar-refractivity contribution >= 4 is 66.4 Å². The van der Waals surface area contributed by atoms with Gasteiger partial charge in [0.1, 0.15) is 4.83 Å². The summed E-state index contributed by atoms with van der Waals surface area (Å²) in [6, 6.07) is 9.33. The van der Waals surface area contributed by atoms with Gasteiger partial charge >= 0.3 is 0 Å². The van der Waals surface area contributed by atoms with Crippen LogP contribution in [0.3, 0.4) is 0 Å². The van der Waals surface area contributed by atoms with Crippen LogP contribution in [0.2, 0.25) is 5.02 Å². The number of aromatic nitrogens is 3. The molecule has 11 heteroatoms. The average molecular weight is 515 g/mol. The number of amides is 2. The van der Waals surface area contributed by atoms with Crippen molar-refractivity contribution in [3.63, 3.8) is 0 Å². The molecule has 4 aromatic rings. The highest BCUT2D eigenvalue weighted by molar-refractivity contribution is 7.29. The molecule has 1 aliphatic rings. The number of rotatable bonds is 5. The van der Waals surface area contributed by atoms with Crippen molar-refractivity contribution < 1.29 is 9.59 Å². The van der Waals surface area contributed by atoms with E-state index in [0.717, 1.165) is 51.9 Å². The molecule has 0 atom stereocenters. The summed E-state index contributed by atoms with van der Waals surface area (Å²) >= 11 is 9.10. The molecule has 1 saturated heterocycles. The van der Waals surface area contributed by atoms with E-state index in [1.54, 1.807) is 22.4 Å². The van der Waals surface area contributed by atoms with Gasteiger partial charge in [-0.15, -0.1) is 11.3 Å². The predicted molar refractivity (Wildman–Crippen MR) is 138 cm³/mol. The van der Waals surface area contributed by atoms with Crippen molar-refractivity contribution in [3.05, 3.63) is 46.4 Å². The number of piperidine rings is 1. The number of aromatic amines is 1. The zero-order valence-corrected chi connectivity index (χ0v) is 21.1. The average Bonchev–Trinajstić information content (AvgIpc) is 3.54. The van der Waals surface area contributed by atoms with Crippen LogP contribution in [0.1, 0.15) is 22.5 Å². The molecule has 5 rings (SSSR count). The summed E-state index contributed by atoms with van der Waals surface area (Å²) in [4.78, 5) is 35.2. The molecule has 0 saturated carbocycles. The predicted octanol–water partition coefficient (Wildman–Crippen LogP) is 4.96. The molecule has 4 heterocycles. The third kappa shape index (κ3) is 4.53. The molecule has 34 heavy (non-hydrogen) atoms. The smallest absolute Gasteiger partial charge is 0.265 e. The molecular formula is C23H23ClN6O2S2. The fourth-order valence-corrected chi connectivity index (χ4v) is 6.40. The van der Waals surface area contributed by atoms with Crippen molar-refractivity contribution in [2.75, 3.05) is 37.4 Å². The quantitative estimate of drug-likeness (QED) is 0.392. The Balaban J connectivity index is 1.22. The Labute approximate surface area is 209 Å². The molecule has 3 aromatic heterocycles. The Hall–Kier alpha value is -2.95. The maximum atomic E-state index is 12.8. The number of H-pyrrole nitrogens is 1. The van der Waals surface area contributed by atoms with Gasteiger partial charge in [0, 0.05) is 44.4 Å². The van der Waals surface area contributed by atoms with E-state index in [4.69, 9.17) is 16.6 Å². The lowest BCUT2D eigenvalue weighted by Crippen LogP contribution is -2.40. The normalized spacial score (nSPS) is 14.5. The van der Waals surface area contributed by atoms with Gasteiger partial charge in [0.25, 0.3) is 5.91 Å². The van der Waals surface area contributed by atoms with Crippen LogP contribution in [-0.4, -0.2) is 59.1 Å². The number of fused-ring (bicyclic) bond motifs is 1. The second-order valence-electron chi connectivity index (χ2n) is 8.39. The van der Waals surface area contributed by atoms with Gasteiger partial charge in [-0.1, -0.05) is 35.1 Å². The molecule has 1 aromatic carbocycles. The first-order valence-electron chi connectivity index (χ1n) is 10.9. The summed E-state index contributed by atoms with van der Waals surface area (Å²) in [5.41, 5.74) is 2.34. The fraction of sp³-hybridized carbons (Fsp3) is 0.304. The Bertz CT molecular complexity index is 1300. The molecule has 2 N–H and O–H groups in total. The van der Waals surface area contributed by atoms with Gasteiger partial charge < -0.3 is 15.1 Å². The highest BCUT2D eigenvalue weighted by Gasteiger charge is 2.27. The van der Waals surface area contributed by atoms with Crippen LogP contribution in [0.5, 0.6) is 0 Å². The molecule has 8 nitrogen and oxygen atoms in total. The fourth-order valence-electron chi connectivity index (χ4n) is 4.04. The number of anilines is 2. The first-order valence-corrected chi connectivity index (χ1v) is 12.9. The number of benzene rings is 1. The maximum absolute atomic E-state index is 12.8. The number of halogens is 1. The van der Waals surface area contributed by atoms with Gasteiger partial charge in [0.15, 0.2) is 5.13 Å². The van der Waals surface area contributed by atoms with E-state index in [0.29, 0.717) is 15.6 Å². The van der Waals surface area contributed by atoms with E-state index in [2.05, 4.69) is 20.4 Å². The first kappa shape index (κ1) is 22.8. The Morgan fingerprint density at radius 2 is 1.91 bits per heavy atom. The van der Waals surface area contributed by atoms with Crippen LogP contribution < -0.4 is 10.2 Å². The van der Waals surface area contributed by atoms with E-state index >= 15 is 0 Å². The Kier molecular flexibility index (Phi) is 6.28. The zero-order valence-electron chi connectivity index (χ0n) is 18.7. The number of thiophene rings is 1. The van der Waals surface area contributed by atoms with Crippen molar-refractivity contribution in [1.29, 1.82) is 0 Å². The summed E-state index contributed by atoms with van der Waals surface area (Å²) in [6.07, 6.45) is 3.23. The topological polar surface area (TPSA) is 94.2 Å². The zero-order chi connectivity index (χ0) is 23.8. The van der Waals surface area contributed by atoms with Gasteiger partial charge in [-0.2, -0.15) is 5.10 Å². The number of nitrogens with one attached hydrogen (secondary N) is 2. The van der Waals surface area contributed by atoms with Crippen molar-refractivity contribution in [2.24, 2.45) is 5.92 Å². The lowest BCUT2D eigenvalue weighted by Gasteiger charge is -2.32. The lowest BCUT2D eigenvalue weighted by atomic mass is 9.96. The van der Waals surface area contributed by atoms with Crippen LogP contribution in [0.4, 0.5) is 10.8 Å². The van der Waals surface area contributed by atoms with Crippen LogP contribution in [0, 0.1) is 5.92 Å². The number of hydrogen-bond acceptors (Lipinski definition) is 7. The van der Waals surface area contributed by atoms with Crippen LogP contribution >= 0.6 is 34.3 Å². The summed E-state index contributed by atoms with van der Waals surface area (Å²) in [6.45, 7) is 1.64. The van der Waals surface area contributed by atoms with Crippen molar-refractivity contribution in [3.8, 4) is 11.3 Å². The van der Waals surface area contributed by atoms with Crippen molar-refractivity contribution in [2.45, 2.75) is 12.8 Å². The molecular weight excluding hydrogens is 492 g/mol.